The van der Waals surface area contributed by atoms with Crippen LogP contribution in [0, 0.1) is 5.92 Å². The average molecular weight is 410 g/mol. The Morgan fingerprint density at radius 1 is 1.17 bits per heavy atom. The summed E-state index contributed by atoms with van der Waals surface area (Å²) >= 11 is 0. The van der Waals surface area contributed by atoms with Crippen molar-refractivity contribution in [2.45, 2.75) is 18.6 Å². The summed E-state index contributed by atoms with van der Waals surface area (Å²) < 4.78 is 0. The van der Waals surface area contributed by atoms with Gasteiger partial charge in [0, 0.05) is 30.8 Å². The molecule has 0 aliphatic carbocycles. The lowest BCUT2D eigenvalue weighted by molar-refractivity contribution is -0.181. The van der Waals surface area contributed by atoms with E-state index in [2.05, 4.69) is 5.10 Å². The summed E-state index contributed by atoms with van der Waals surface area (Å²) in [6.45, 7) is 1.41. The van der Waals surface area contributed by atoms with E-state index in [1.54, 1.807) is 48.5 Å². The third-order valence-electron chi connectivity index (χ3n) is 5.35. The molecule has 158 valence electrons. The molecule has 0 radical (unpaired) electrons. The minimum Gasteiger partial charge on any atom is -0.477 e. The molecule has 0 unspecified atom stereocenters. The lowest BCUT2D eigenvalue weighted by Gasteiger charge is -2.41. The van der Waals surface area contributed by atoms with Crippen LogP contribution in [-0.4, -0.2) is 57.9 Å². The second-order valence-electron chi connectivity index (χ2n) is 7.39. The maximum Gasteiger partial charge on any atom is 0.362 e. The van der Waals surface area contributed by atoms with Gasteiger partial charge in [0.25, 0.3) is 11.6 Å². The van der Waals surface area contributed by atoms with Crippen molar-refractivity contribution in [3.63, 3.8) is 0 Å². The zero-order valence-corrected chi connectivity index (χ0v) is 16.6. The second kappa shape index (κ2) is 9.41. The van der Waals surface area contributed by atoms with Crippen LogP contribution in [0.4, 0.5) is 0 Å². The summed E-state index contributed by atoms with van der Waals surface area (Å²) in [5, 5.41) is 25.0. The molecule has 1 aliphatic heterocycles. The molecule has 4 N–H and O–H groups in total. The number of aliphatic carboxylic acids is 1. The van der Waals surface area contributed by atoms with Crippen molar-refractivity contribution < 1.29 is 19.8 Å². The number of amides is 1. The first-order valence-corrected chi connectivity index (χ1v) is 9.82. The zero-order chi connectivity index (χ0) is 21.6. The molecule has 30 heavy (non-hydrogen) atoms. The Hall–Kier alpha value is -3.39. The lowest BCUT2D eigenvalue weighted by Crippen LogP contribution is -2.57. The van der Waals surface area contributed by atoms with Crippen LogP contribution in [-0.2, 0) is 10.5 Å². The maximum absolute atomic E-state index is 13.4. The van der Waals surface area contributed by atoms with E-state index in [0.717, 1.165) is 24.3 Å². The molecule has 0 spiro atoms. The number of hydrogen-bond donors (Lipinski definition) is 3. The van der Waals surface area contributed by atoms with Crippen molar-refractivity contribution in [1.82, 2.24) is 9.80 Å². The van der Waals surface area contributed by atoms with E-state index >= 15 is 0 Å². The van der Waals surface area contributed by atoms with Crippen molar-refractivity contribution in [3.05, 3.63) is 71.8 Å². The van der Waals surface area contributed by atoms with Crippen LogP contribution >= 0.6 is 0 Å². The standard InChI is InChI=1S/C22H26N4O4/c23-24-16-25-13-7-8-17(14-25)15-26(20(27)18-9-3-1-4-10-18)22(30,21(28)29)19-11-5-2-6-12-19/h1-6,9-12,16-17,30H,7-8,13-15,23H2,(H,28,29)/t17-,22+/m1/s1. The molecule has 3 rings (SSSR count). The highest BCUT2D eigenvalue weighted by atomic mass is 16.4. The third-order valence-corrected chi connectivity index (χ3v) is 5.35. The molecule has 8 nitrogen and oxygen atoms in total. The van der Waals surface area contributed by atoms with Gasteiger partial charge < -0.3 is 21.0 Å². The molecule has 2 aromatic rings. The molecule has 8 heteroatoms. The summed E-state index contributed by atoms with van der Waals surface area (Å²) in [5.74, 6) is 3.15. The Bertz CT molecular complexity index is 891. The maximum atomic E-state index is 13.4. The smallest absolute Gasteiger partial charge is 0.362 e. The number of benzene rings is 2. The number of nitrogens with two attached hydrogens (primary N) is 1. The van der Waals surface area contributed by atoms with Crippen molar-refractivity contribution in [2.24, 2.45) is 16.9 Å². The molecule has 0 bridgehead atoms. The number of hydrogen-bond acceptors (Lipinski definition) is 5. The van der Waals surface area contributed by atoms with Crippen molar-refractivity contribution in [2.75, 3.05) is 19.6 Å². The summed E-state index contributed by atoms with van der Waals surface area (Å²) in [5.41, 5.74) is -2.07. The Morgan fingerprint density at radius 2 is 1.80 bits per heavy atom. The Balaban J connectivity index is 2.00. The summed E-state index contributed by atoms with van der Waals surface area (Å²) in [7, 11) is 0. The fraction of sp³-hybridized carbons (Fsp3) is 0.318. The predicted octanol–water partition coefficient (Wildman–Crippen LogP) is 1.67. The van der Waals surface area contributed by atoms with Crippen LogP contribution in [0.3, 0.4) is 0 Å². The molecule has 1 aliphatic rings. The van der Waals surface area contributed by atoms with Gasteiger partial charge in [-0.05, 0) is 30.9 Å². The van der Waals surface area contributed by atoms with E-state index in [0.29, 0.717) is 12.1 Å². The van der Waals surface area contributed by atoms with Crippen LogP contribution in [0.1, 0.15) is 28.8 Å². The SMILES string of the molecule is NN=CN1CCC[C@@H](CN(C(=O)c2ccccc2)[C@@](O)(C(=O)O)c2ccccc2)C1. The highest BCUT2D eigenvalue weighted by Crippen LogP contribution is 2.30. The molecule has 0 aromatic heterocycles. The quantitative estimate of drug-likeness (QED) is 0.210. The molecular weight excluding hydrogens is 384 g/mol. The number of piperidine rings is 1. The van der Waals surface area contributed by atoms with Crippen molar-refractivity contribution in [1.29, 1.82) is 0 Å². The Morgan fingerprint density at radius 3 is 2.40 bits per heavy atom. The molecule has 1 heterocycles. The monoisotopic (exact) mass is 410 g/mol. The number of carbonyl (C=O) groups excluding carboxylic acids is 1. The van der Waals surface area contributed by atoms with Gasteiger partial charge in [-0.2, -0.15) is 5.10 Å². The number of carboxylic acids is 1. The van der Waals surface area contributed by atoms with Gasteiger partial charge in [-0.1, -0.05) is 48.5 Å². The van der Waals surface area contributed by atoms with E-state index in [4.69, 9.17) is 5.84 Å². The van der Waals surface area contributed by atoms with Gasteiger partial charge in [0.05, 0.1) is 0 Å². The first-order valence-electron chi connectivity index (χ1n) is 9.82. The van der Waals surface area contributed by atoms with Gasteiger partial charge in [0.15, 0.2) is 0 Å². The van der Waals surface area contributed by atoms with Crippen LogP contribution < -0.4 is 5.84 Å². The minimum atomic E-state index is -2.50. The van der Waals surface area contributed by atoms with Gasteiger partial charge in [-0.15, -0.1) is 0 Å². The fourth-order valence-corrected chi connectivity index (χ4v) is 3.87. The molecule has 1 fully saturated rings. The van der Waals surface area contributed by atoms with Gasteiger partial charge in [-0.25, -0.2) is 4.79 Å². The van der Waals surface area contributed by atoms with Crippen molar-refractivity contribution in [3.8, 4) is 0 Å². The van der Waals surface area contributed by atoms with Gasteiger partial charge >= 0.3 is 5.97 Å². The average Bonchev–Trinajstić information content (AvgIpc) is 2.78. The lowest BCUT2D eigenvalue weighted by atomic mass is 9.93. The number of aliphatic hydroxyl groups is 1. The molecule has 1 saturated heterocycles. The molecule has 2 atom stereocenters. The number of hydrazone groups is 1. The number of carboxylic acid groups (broad SMARTS) is 1. The van der Waals surface area contributed by atoms with Crippen LogP contribution in [0.15, 0.2) is 65.8 Å². The number of nitrogens with zero attached hydrogens (tertiary/aromatic N) is 3. The summed E-state index contributed by atoms with van der Waals surface area (Å²) in [6, 6.07) is 16.4. The Labute approximate surface area is 175 Å². The zero-order valence-electron chi connectivity index (χ0n) is 16.6. The van der Waals surface area contributed by atoms with Gasteiger partial charge in [-0.3, -0.25) is 9.69 Å². The van der Waals surface area contributed by atoms with E-state index < -0.39 is 17.6 Å². The van der Waals surface area contributed by atoms with E-state index in [9.17, 15) is 19.8 Å². The predicted molar refractivity (Wildman–Crippen MR) is 112 cm³/mol. The minimum absolute atomic E-state index is 0.0565. The number of carbonyl (C=O) groups is 2. The summed E-state index contributed by atoms with van der Waals surface area (Å²) in [6.07, 6.45) is 3.18. The largest absolute Gasteiger partial charge is 0.477 e. The van der Waals surface area contributed by atoms with Crippen LogP contribution in [0.2, 0.25) is 0 Å². The topological polar surface area (TPSA) is 119 Å². The van der Waals surface area contributed by atoms with Crippen molar-refractivity contribution >= 4 is 18.2 Å². The van der Waals surface area contributed by atoms with E-state index in [1.165, 1.54) is 18.5 Å². The van der Waals surface area contributed by atoms with Crippen LogP contribution in [0.25, 0.3) is 0 Å². The van der Waals surface area contributed by atoms with E-state index in [1.807, 2.05) is 4.90 Å². The number of rotatable bonds is 7. The normalized spacial score (nSPS) is 18.7. The first-order chi connectivity index (χ1) is 14.5. The molecule has 1 amide bonds. The Kier molecular flexibility index (Phi) is 6.68. The van der Waals surface area contributed by atoms with Gasteiger partial charge in [0.2, 0.25) is 0 Å². The van der Waals surface area contributed by atoms with E-state index in [-0.39, 0.29) is 18.0 Å². The molecule has 0 saturated carbocycles. The highest BCUT2D eigenvalue weighted by molar-refractivity contribution is 5.97. The molecule has 2 aromatic carbocycles. The third kappa shape index (κ3) is 4.44. The molecular formula is C22H26N4O4. The van der Waals surface area contributed by atoms with Gasteiger partial charge in [0.1, 0.15) is 6.34 Å². The summed E-state index contributed by atoms with van der Waals surface area (Å²) in [4.78, 5) is 28.7. The first kappa shape index (κ1) is 21.3. The van der Waals surface area contributed by atoms with Crippen LogP contribution in [0.5, 0.6) is 0 Å². The fourth-order valence-electron chi connectivity index (χ4n) is 3.87. The second-order valence-corrected chi connectivity index (χ2v) is 7.39. The highest BCUT2D eigenvalue weighted by Gasteiger charge is 2.48. The number of likely N-dealkylation sites (tertiary alicyclic amines) is 1.